The molecule has 0 aliphatic rings. The van der Waals surface area contributed by atoms with Gasteiger partial charge in [-0.2, -0.15) is 0 Å². The van der Waals surface area contributed by atoms with E-state index in [0.717, 1.165) is 11.1 Å². The van der Waals surface area contributed by atoms with Crippen molar-refractivity contribution in [2.24, 2.45) is 0 Å². The smallest absolute Gasteiger partial charge is 0.249 e. The molecule has 0 spiro atoms. The average molecular weight is 290 g/mol. The quantitative estimate of drug-likeness (QED) is 0.804. The normalized spacial score (nSPS) is 10.2. The lowest BCUT2D eigenvalue weighted by atomic mass is 10.0. The third-order valence-corrected chi connectivity index (χ3v) is 3.07. The molecule has 108 valence electrons. The third-order valence-electron chi connectivity index (χ3n) is 3.07. The summed E-state index contributed by atoms with van der Waals surface area (Å²) in [6.45, 7) is 1.41. The molecule has 0 unspecified atom stereocenters. The van der Waals surface area contributed by atoms with Gasteiger partial charge in [0.25, 0.3) is 0 Å². The first-order chi connectivity index (χ1) is 10.7. The molecular formula is C17H14N4O. The van der Waals surface area contributed by atoms with Gasteiger partial charge in [0.05, 0.1) is 0 Å². The van der Waals surface area contributed by atoms with E-state index in [4.69, 9.17) is 0 Å². The van der Waals surface area contributed by atoms with Crippen LogP contribution in [0.1, 0.15) is 6.92 Å². The van der Waals surface area contributed by atoms with Crippen LogP contribution >= 0.6 is 0 Å². The van der Waals surface area contributed by atoms with Crippen molar-refractivity contribution in [3.63, 3.8) is 0 Å². The molecule has 0 aliphatic carbocycles. The van der Waals surface area contributed by atoms with Crippen molar-refractivity contribution in [3.8, 4) is 22.5 Å². The molecule has 3 rings (SSSR count). The Balaban J connectivity index is 2.15. The first kappa shape index (κ1) is 13.9. The Kier molecular flexibility index (Phi) is 3.87. The van der Waals surface area contributed by atoms with Crippen LogP contribution in [-0.2, 0) is 4.79 Å². The van der Waals surface area contributed by atoms with E-state index >= 15 is 0 Å². The number of hydrogen-bond acceptors (Lipinski definition) is 4. The molecule has 0 fully saturated rings. The minimum atomic E-state index is -0.228. The molecule has 1 aromatic heterocycles. The highest BCUT2D eigenvalue weighted by Gasteiger charge is 2.13. The summed E-state index contributed by atoms with van der Waals surface area (Å²) in [4.78, 5) is 15.7. The fourth-order valence-corrected chi connectivity index (χ4v) is 2.12. The monoisotopic (exact) mass is 290 g/mol. The van der Waals surface area contributed by atoms with Gasteiger partial charge in [0.2, 0.25) is 11.9 Å². The topological polar surface area (TPSA) is 67.8 Å². The number of nitrogens with one attached hydrogen (secondary N) is 1. The van der Waals surface area contributed by atoms with Crippen LogP contribution in [0.15, 0.2) is 60.7 Å². The number of hydrogen-bond donors (Lipinski definition) is 1. The second kappa shape index (κ2) is 6.13. The fourth-order valence-electron chi connectivity index (χ4n) is 2.12. The average Bonchev–Trinajstić information content (AvgIpc) is 2.56. The molecule has 0 radical (unpaired) electrons. The number of amides is 1. The molecule has 22 heavy (non-hydrogen) atoms. The van der Waals surface area contributed by atoms with Gasteiger partial charge in [-0.3, -0.25) is 10.1 Å². The predicted octanol–water partition coefficient (Wildman–Crippen LogP) is 3.16. The molecule has 1 heterocycles. The van der Waals surface area contributed by atoms with Crippen molar-refractivity contribution in [2.45, 2.75) is 6.92 Å². The van der Waals surface area contributed by atoms with Crippen LogP contribution in [0.25, 0.3) is 22.5 Å². The molecule has 0 atom stereocenters. The number of carbonyl (C=O) groups excluding carboxylic acids is 1. The first-order valence-corrected chi connectivity index (χ1v) is 6.87. The van der Waals surface area contributed by atoms with Crippen LogP contribution in [0.4, 0.5) is 5.95 Å². The van der Waals surface area contributed by atoms with Gasteiger partial charge in [-0.1, -0.05) is 60.7 Å². The highest BCUT2D eigenvalue weighted by Crippen LogP contribution is 2.28. The summed E-state index contributed by atoms with van der Waals surface area (Å²) in [7, 11) is 0. The lowest BCUT2D eigenvalue weighted by Crippen LogP contribution is -2.11. The minimum absolute atomic E-state index is 0.200. The molecule has 2 aromatic carbocycles. The number of benzene rings is 2. The van der Waals surface area contributed by atoms with Crippen LogP contribution < -0.4 is 5.32 Å². The summed E-state index contributed by atoms with van der Waals surface area (Å²) in [5, 5.41) is 10.8. The van der Waals surface area contributed by atoms with Gasteiger partial charge in [-0.25, -0.2) is 4.98 Å². The van der Waals surface area contributed by atoms with Gasteiger partial charge < -0.3 is 0 Å². The number of carbonyl (C=O) groups is 1. The maximum atomic E-state index is 11.2. The highest BCUT2D eigenvalue weighted by molar-refractivity contribution is 5.87. The van der Waals surface area contributed by atoms with Crippen LogP contribution in [-0.4, -0.2) is 21.1 Å². The van der Waals surface area contributed by atoms with E-state index in [-0.39, 0.29) is 11.9 Å². The van der Waals surface area contributed by atoms with E-state index in [9.17, 15) is 4.79 Å². The van der Waals surface area contributed by atoms with Crippen molar-refractivity contribution < 1.29 is 4.79 Å². The standard InChI is InChI=1S/C17H14N4O/c1-12(22)18-17-19-15(13-8-4-2-5-9-13)16(20-21-17)14-10-6-3-7-11-14/h2-11H,1H3,(H,18,19,21,22). The van der Waals surface area contributed by atoms with Gasteiger partial charge in [-0.15, -0.1) is 10.2 Å². The van der Waals surface area contributed by atoms with E-state index in [1.807, 2.05) is 60.7 Å². The Morgan fingerprint density at radius 3 is 1.91 bits per heavy atom. The third kappa shape index (κ3) is 2.98. The van der Waals surface area contributed by atoms with Crippen molar-refractivity contribution in [1.82, 2.24) is 15.2 Å². The van der Waals surface area contributed by atoms with Crippen LogP contribution in [0.3, 0.4) is 0 Å². The zero-order valence-corrected chi connectivity index (χ0v) is 12.0. The van der Waals surface area contributed by atoms with Crippen LogP contribution in [0, 0.1) is 0 Å². The van der Waals surface area contributed by atoms with Crippen LogP contribution in [0.5, 0.6) is 0 Å². The molecule has 5 heteroatoms. The van der Waals surface area contributed by atoms with Gasteiger partial charge in [0.1, 0.15) is 11.4 Å². The van der Waals surface area contributed by atoms with Gasteiger partial charge in [-0.05, 0) is 0 Å². The van der Waals surface area contributed by atoms with Gasteiger partial charge in [0.15, 0.2) is 0 Å². The molecule has 5 nitrogen and oxygen atoms in total. The summed E-state index contributed by atoms with van der Waals surface area (Å²) < 4.78 is 0. The largest absolute Gasteiger partial charge is 0.293 e. The molecule has 0 saturated carbocycles. The SMILES string of the molecule is CC(=O)Nc1nnc(-c2ccccc2)c(-c2ccccc2)n1. The Morgan fingerprint density at radius 1 is 0.818 bits per heavy atom. The summed E-state index contributed by atoms with van der Waals surface area (Å²) in [6, 6.07) is 19.4. The van der Waals surface area contributed by atoms with Gasteiger partial charge in [0, 0.05) is 18.1 Å². The fraction of sp³-hybridized carbons (Fsp3) is 0.0588. The number of rotatable bonds is 3. The first-order valence-electron chi connectivity index (χ1n) is 6.87. The van der Waals surface area contributed by atoms with E-state index < -0.39 is 0 Å². The Morgan fingerprint density at radius 2 is 1.36 bits per heavy atom. The van der Waals surface area contributed by atoms with E-state index in [1.54, 1.807) is 0 Å². The molecule has 1 amide bonds. The van der Waals surface area contributed by atoms with E-state index in [1.165, 1.54) is 6.92 Å². The zero-order chi connectivity index (χ0) is 15.4. The van der Waals surface area contributed by atoms with Crippen LogP contribution in [0.2, 0.25) is 0 Å². The molecule has 3 aromatic rings. The predicted molar refractivity (Wildman–Crippen MR) is 85.0 cm³/mol. The molecular weight excluding hydrogens is 276 g/mol. The second-order valence-corrected chi connectivity index (χ2v) is 4.75. The van der Waals surface area contributed by atoms with Crippen molar-refractivity contribution in [2.75, 3.05) is 5.32 Å². The Hall–Kier alpha value is -3.08. The maximum Gasteiger partial charge on any atom is 0.249 e. The second-order valence-electron chi connectivity index (χ2n) is 4.75. The van der Waals surface area contributed by atoms with E-state index in [2.05, 4.69) is 20.5 Å². The van der Waals surface area contributed by atoms with E-state index in [0.29, 0.717) is 11.4 Å². The lowest BCUT2D eigenvalue weighted by Gasteiger charge is -2.09. The summed E-state index contributed by atoms with van der Waals surface area (Å²) in [5.74, 6) is -0.0284. The molecule has 0 saturated heterocycles. The Bertz CT molecular complexity index is 788. The summed E-state index contributed by atoms with van der Waals surface area (Å²) in [5.41, 5.74) is 3.21. The minimum Gasteiger partial charge on any atom is -0.293 e. The van der Waals surface area contributed by atoms with Gasteiger partial charge >= 0.3 is 0 Å². The number of anilines is 1. The van der Waals surface area contributed by atoms with Crippen molar-refractivity contribution in [1.29, 1.82) is 0 Å². The zero-order valence-electron chi connectivity index (χ0n) is 12.0. The van der Waals surface area contributed by atoms with Crippen molar-refractivity contribution >= 4 is 11.9 Å². The maximum absolute atomic E-state index is 11.2. The summed E-state index contributed by atoms with van der Waals surface area (Å²) >= 11 is 0. The lowest BCUT2D eigenvalue weighted by molar-refractivity contribution is -0.114. The van der Waals surface area contributed by atoms with Crippen molar-refractivity contribution in [3.05, 3.63) is 60.7 Å². The number of aromatic nitrogens is 3. The molecule has 1 N–H and O–H groups in total. The molecule has 0 bridgehead atoms. The Labute approximate surface area is 128 Å². The highest BCUT2D eigenvalue weighted by atomic mass is 16.1. The number of nitrogens with zero attached hydrogens (tertiary/aromatic N) is 3. The molecule has 0 aliphatic heterocycles. The summed E-state index contributed by atoms with van der Waals surface area (Å²) in [6.07, 6.45) is 0.